The van der Waals surface area contributed by atoms with Gasteiger partial charge in [0.05, 0.1) is 29.0 Å². The van der Waals surface area contributed by atoms with E-state index in [1.54, 1.807) is 12.1 Å². The van der Waals surface area contributed by atoms with Crippen LogP contribution in [-0.2, 0) is 20.9 Å². The minimum Gasteiger partial charge on any atom is -0.332 e. The van der Waals surface area contributed by atoms with Gasteiger partial charge in [0.1, 0.15) is 0 Å². The summed E-state index contributed by atoms with van der Waals surface area (Å²) in [5, 5.41) is 0. The van der Waals surface area contributed by atoms with E-state index in [1.807, 2.05) is 35.2 Å². The predicted octanol–water partition coefficient (Wildman–Crippen LogP) is 2.71. The third-order valence-corrected chi connectivity index (χ3v) is 8.80. The van der Waals surface area contributed by atoms with Gasteiger partial charge in [-0.05, 0) is 36.0 Å². The molecule has 0 N–H and O–H groups in total. The zero-order valence-corrected chi connectivity index (χ0v) is 18.9. The molecule has 4 bridgehead atoms. The van der Waals surface area contributed by atoms with Crippen LogP contribution < -0.4 is 4.90 Å². The summed E-state index contributed by atoms with van der Waals surface area (Å²) in [4.78, 5) is 47.0. The van der Waals surface area contributed by atoms with E-state index < -0.39 is 23.3 Å². The molecule has 5 heterocycles. The lowest BCUT2D eigenvalue weighted by atomic mass is 9.54. The standard InChI is InChI=1S/C28H27N3O3/c32-25-22-11-12-28(24-23(22)26(33)31(27(24)34)21-9-5-2-6-10-21)20-13-19(16-30(25)28)15-29(17-20)14-18-7-3-1-4-8-18/h1-12,19-20,22-24H,13-17H2/t19-,20+,22+,23-,24+,28+/m0/s1. The molecule has 3 amide bonds. The molecule has 6 aliphatic rings. The van der Waals surface area contributed by atoms with Gasteiger partial charge in [0.15, 0.2) is 0 Å². The van der Waals surface area contributed by atoms with E-state index in [9.17, 15) is 14.4 Å². The highest BCUT2D eigenvalue weighted by Crippen LogP contribution is 2.58. The van der Waals surface area contributed by atoms with E-state index >= 15 is 0 Å². The highest BCUT2D eigenvalue weighted by molar-refractivity contribution is 6.24. The number of carbonyl (C=O) groups is 3. The summed E-state index contributed by atoms with van der Waals surface area (Å²) in [6.07, 6.45) is 5.06. The minimum absolute atomic E-state index is 0.0334. The van der Waals surface area contributed by atoms with Gasteiger partial charge in [-0.1, -0.05) is 60.7 Å². The first kappa shape index (κ1) is 20.2. The summed E-state index contributed by atoms with van der Waals surface area (Å²) in [5.41, 5.74) is 1.17. The average molecular weight is 454 g/mol. The molecule has 172 valence electrons. The number of hydrogen-bond acceptors (Lipinski definition) is 4. The average Bonchev–Trinajstić information content (AvgIpc) is 3.13. The van der Waals surface area contributed by atoms with Crippen LogP contribution in [0.3, 0.4) is 0 Å². The van der Waals surface area contributed by atoms with E-state index in [2.05, 4.69) is 35.2 Å². The largest absolute Gasteiger partial charge is 0.332 e. The van der Waals surface area contributed by atoms with Crippen molar-refractivity contribution in [1.29, 1.82) is 0 Å². The zero-order chi connectivity index (χ0) is 23.0. The van der Waals surface area contributed by atoms with Crippen LogP contribution in [0.15, 0.2) is 72.8 Å². The van der Waals surface area contributed by atoms with Crippen molar-refractivity contribution in [2.45, 2.75) is 18.5 Å². The summed E-state index contributed by atoms with van der Waals surface area (Å²) in [6, 6.07) is 19.6. The number of carbonyl (C=O) groups excluding carboxylic acids is 3. The van der Waals surface area contributed by atoms with Gasteiger partial charge in [-0.3, -0.25) is 19.3 Å². The maximum absolute atomic E-state index is 14.0. The number of fused-ring (bicyclic) bond motifs is 2. The Bertz CT molecular complexity index is 1210. The zero-order valence-electron chi connectivity index (χ0n) is 18.9. The van der Waals surface area contributed by atoms with Crippen molar-refractivity contribution in [3.8, 4) is 0 Å². The number of amides is 3. The lowest BCUT2D eigenvalue weighted by Crippen LogP contribution is -2.75. The first-order valence-electron chi connectivity index (χ1n) is 12.3. The van der Waals surface area contributed by atoms with Crippen molar-refractivity contribution < 1.29 is 14.4 Å². The monoisotopic (exact) mass is 453 g/mol. The third-order valence-electron chi connectivity index (χ3n) is 8.80. The van der Waals surface area contributed by atoms with Crippen molar-refractivity contribution in [2.75, 3.05) is 24.5 Å². The van der Waals surface area contributed by atoms with Gasteiger partial charge in [0, 0.05) is 26.2 Å². The molecular weight excluding hydrogens is 426 g/mol. The maximum atomic E-state index is 14.0. The number of hydrogen-bond donors (Lipinski definition) is 0. The number of nitrogens with zero attached hydrogens (tertiary/aromatic N) is 3. The normalized spacial score (nSPS) is 36.1. The van der Waals surface area contributed by atoms with Gasteiger partial charge in [-0.25, -0.2) is 4.90 Å². The highest BCUT2D eigenvalue weighted by atomic mass is 16.2. The SMILES string of the molecule is O=C1[C@H]2[C@H]3C=C[C@@]4([C@@H]5C[C@@H](CN(Cc6ccccc6)C5)CN4C3=O)[C@H]2C(=O)N1c1ccccc1. The van der Waals surface area contributed by atoms with Crippen LogP contribution in [0.5, 0.6) is 0 Å². The minimum atomic E-state index is -0.710. The molecule has 4 fully saturated rings. The van der Waals surface area contributed by atoms with Crippen molar-refractivity contribution in [3.63, 3.8) is 0 Å². The number of anilines is 1. The molecule has 6 heteroatoms. The number of likely N-dealkylation sites (tertiary alicyclic amines) is 1. The van der Waals surface area contributed by atoms with Crippen LogP contribution in [-0.4, -0.2) is 52.7 Å². The second kappa shape index (κ2) is 7.12. The molecule has 2 aromatic rings. The van der Waals surface area contributed by atoms with Crippen molar-refractivity contribution in [1.82, 2.24) is 9.80 Å². The molecule has 0 unspecified atom stereocenters. The molecule has 8 rings (SSSR count). The molecule has 0 radical (unpaired) electrons. The molecular formula is C28H27N3O3. The number of piperidine rings is 3. The molecule has 5 aliphatic heterocycles. The number of rotatable bonds is 3. The van der Waals surface area contributed by atoms with Gasteiger partial charge in [0.25, 0.3) is 0 Å². The van der Waals surface area contributed by atoms with Gasteiger partial charge in [0.2, 0.25) is 17.7 Å². The number of imide groups is 1. The van der Waals surface area contributed by atoms with Crippen molar-refractivity contribution in [2.24, 2.45) is 29.6 Å². The summed E-state index contributed by atoms with van der Waals surface area (Å²) in [6.45, 7) is 3.30. The lowest BCUT2D eigenvalue weighted by molar-refractivity contribution is -0.177. The lowest BCUT2D eigenvalue weighted by Gasteiger charge is -2.64. The Balaban J connectivity index is 1.28. The molecule has 34 heavy (non-hydrogen) atoms. The van der Waals surface area contributed by atoms with Crippen molar-refractivity contribution in [3.05, 3.63) is 78.4 Å². The van der Waals surface area contributed by atoms with E-state index in [0.29, 0.717) is 18.2 Å². The Labute approximate surface area is 198 Å². The van der Waals surface area contributed by atoms with Crippen LogP contribution in [0.25, 0.3) is 0 Å². The number of benzene rings is 2. The molecule has 0 saturated carbocycles. The van der Waals surface area contributed by atoms with Crippen LogP contribution in [0.4, 0.5) is 5.69 Å². The molecule has 4 saturated heterocycles. The number of para-hydroxylation sites is 1. The Morgan fingerprint density at radius 1 is 0.824 bits per heavy atom. The molecule has 6 atom stereocenters. The van der Waals surface area contributed by atoms with Crippen LogP contribution in [0.1, 0.15) is 12.0 Å². The van der Waals surface area contributed by atoms with Crippen LogP contribution >= 0.6 is 0 Å². The highest BCUT2D eigenvalue weighted by Gasteiger charge is 2.71. The second-order valence-electron chi connectivity index (χ2n) is 10.6. The van der Waals surface area contributed by atoms with Gasteiger partial charge in [-0.2, -0.15) is 0 Å². The fourth-order valence-corrected chi connectivity index (χ4v) is 7.57. The summed E-state index contributed by atoms with van der Waals surface area (Å²) in [7, 11) is 0. The van der Waals surface area contributed by atoms with Crippen molar-refractivity contribution >= 4 is 23.4 Å². The predicted molar refractivity (Wildman–Crippen MR) is 126 cm³/mol. The smallest absolute Gasteiger partial charge is 0.240 e. The fraction of sp³-hybridized carbons (Fsp3) is 0.393. The fourth-order valence-electron chi connectivity index (χ4n) is 7.57. The first-order chi connectivity index (χ1) is 16.6. The first-order valence-corrected chi connectivity index (χ1v) is 12.3. The Morgan fingerprint density at radius 3 is 2.32 bits per heavy atom. The van der Waals surface area contributed by atoms with Gasteiger partial charge in [-0.15, -0.1) is 0 Å². The Hall–Kier alpha value is -3.25. The Kier molecular flexibility index (Phi) is 4.22. The van der Waals surface area contributed by atoms with Crippen LogP contribution in [0, 0.1) is 29.6 Å². The third kappa shape index (κ3) is 2.57. The molecule has 6 nitrogen and oxygen atoms in total. The molecule has 1 spiro atoms. The quantitative estimate of drug-likeness (QED) is 0.530. The van der Waals surface area contributed by atoms with E-state index in [0.717, 1.165) is 26.1 Å². The van der Waals surface area contributed by atoms with Gasteiger partial charge >= 0.3 is 0 Å². The summed E-state index contributed by atoms with van der Waals surface area (Å²) >= 11 is 0. The van der Waals surface area contributed by atoms with Crippen LogP contribution in [0.2, 0.25) is 0 Å². The summed E-state index contributed by atoms with van der Waals surface area (Å²) < 4.78 is 0. The molecule has 0 aromatic heterocycles. The van der Waals surface area contributed by atoms with Gasteiger partial charge < -0.3 is 4.90 Å². The van der Waals surface area contributed by atoms with E-state index in [-0.39, 0.29) is 23.6 Å². The van der Waals surface area contributed by atoms with E-state index in [4.69, 9.17) is 0 Å². The molecule has 2 aromatic carbocycles. The van der Waals surface area contributed by atoms with E-state index in [1.165, 1.54) is 10.5 Å². The maximum Gasteiger partial charge on any atom is 0.240 e. The summed E-state index contributed by atoms with van der Waals surface area (Å²) in [5.74, 6) is -1.44. The Morgan fingerprint density at radius 2 is 1.56 bits per heavy atom. The second-order valence-corrected chi connectivity index (χ2v) is 10.6. The molecule has 1 aliphatic carbocycles. The topological polar surface area (TPSA) is 60.9 Å².